The number of aliphatic carboxylic acids is 1. The number of nitrogens with zero attached hydrogens (tertiary/aromatic N) is 1. The molecule has 0 saturated carbocycles. The highest BCUT2D eigenvalue weighted by atomic mass is 16.5. The second kappa shape index (κ2) is 9.31. The van der Waals surface area contributed by atoms with Crippen LogP contribution in [0.15, 0.2) is 48.5 Å². The van der Waals surface area contributed by atoms with E-state index in [1.54, 1.807) is 0 Å². The van der Waals surface area contributed by atoms with E-state index in [0.717, 1.165) is 22.3 Å². The first kappa shape index (κ1) is 23.3. The Morgan fingerprint density at radius 1 is 1.06 bits per heavy atom. The minimum Gasteiger partial charge on any atom is -0.479 e. The van der Waals surface area contributed by atoms with Crippen molar-refractivity contribution in [2.24, 2.45) is 5.92 Å². The van der Waals surface area contributed by atoms with Crippen molar-refractivity contribution >= 4 is 18.0 Å². The highest BCUT2D eigenvalue weighted by Crippen LogP contribution is 2.44. The number of carbonyl (C=O) groups is 3. The number of carboxylic acids is 1. The SMILES string of the molecule is O=C(NC1CCOCC1CC(=O)N1CC(O)(C(=O)O)C1)OCC1c2ccccc2-c2ccccc21. The maximum atomic E-state index is 12.7. The first-order chi connectivity index (χ1) is 16.9. The molecule has 184 valence electrons. The summed E-state index contributed by atoms with van der Waals surface area (Å²) >= 11 is 0. The van der Waals surface area contributed by atoms with E-state index in [-0.39, 0.29) is 49.9 Å². The van der Waals surface area contributed by atoms with Crippen molar-refractivity contribution in [1.82, 2.24) is 10.2 Å². The van der Waals surface area contributed by atoms with Crippen molar-refractivity contribution in [2.75, 3.05) is 32.9 Å². The molecule has 0 radical (unpaired) electrons. The number of hydrogen-bond acceptors (Lipinski definition) is 6. The molecular weight excluding hydrogens is 452 g/mol. The van der Waals surface area contributed by atoms with Crippen LogP contribution in [0.5, 0.6) is 0 Å². The zero-order chi connectivity index (χ0) is 24.6. The lowest BCUT2D eigenvalue weighted by Crippen LogP contribution is -2.67. The summed E-state index contributed by atoms with van der Waals surface area (Å²) in [6.45, 7) is 0.491. The molecule has 2 saturated heterocycles. The van der Waals surface area contributed by atoms with Crippen LogP contribution >= 0.6 is 0 Å². The molecule has 2 amide bonds. The standard InChI is InChI=1S/C26H28N2O7/c29-23(28-14-26(33,15-28)24(30)31)11-16-12-34-10-9-22(16)27-25(32)35-13-21-19-7-3-1-5-17(19)18-6-2-4-8-20(18)21/h1-8,16,21-22,33H,9-15H2,(H,27,32)(H,30,31). The summed E-state index contributed by atoms with van der Waals surface area (Å²) in [6, 6.07) is 15.9. The van der Waals surface area contributed by atoms with Crippen molar-refractivity contribution in [3.05, 3.63) is 59.7 Å². The van der Waals surface area contributed by atoms with Crippen LogP contribution in [-0.2, 0) is 19.1 Å². The first-order valence-electron chi connectivity index (χ1n) is 11.8. The highest BCUT2D eigenvalue weighted by molar-refractivity contribution is 5.85. The Morgan fingerprint density at radius 2 is 1.69 bits per heavy atom. The van der Waals surface area contributed by atoms with E-state index < -0.39 is 17.7 Å². The van der Waals surface area contributed by atoms with Gasteiger partial charge in [-0.15, -0.1) is 0 Å². The summed E-state index contributed by atoms with van der Waals surface area (Å²) in [7, 11) is 0. The predicted octanol–water partition coefficient (Wildman–Crippen LogP) is 1.98. The van der Waals surface area contributed by atoms with Gasteiger partial charge in [-0.2, -0.15) is 0 Å². The Bertz CT molecular complexity index is 1100. The van der Waals surface area contributed by atoms with Gasteiger partial charge >= 0.3 is 12.1 Å². The van der Waals surface area contributed by atoms with Gasteiger partial charge in [0.2, 0.25) is 5.91 Å². The Morgan fingerprint density at radius 3 is 2.31 bits per heavy atom. The van der Waals surface area contributed by atoms with Crippen LogP contribution in [0.4, 0.5) is 4.79 Å². The first-order valence-corrected chi connectivity index (χ1v) is 11.8. The molecule has 9 nitrogen and oxygen atoms in total. The number of likely N-dealkylation sites (tertiary alicyclic amines) is 1. The molecule has 2 aliphatic heterocycles. The van der Waals surface area contributed by atoms with Gasteiger partial charge in [0.05, 0.1) is 19.7 Å². The zero-order valence-corrected chi connectivity index (χ0v) is 19.2. The minimum atomic E-state index is -1.88. The molecule has 3 N–H and O–H groups in total. The molecule has 9 heteroatoms. The largest absolute Gasteiger partial charge is 0.479 e. The minimum absolute atomic E-state index is 0.0420. The van der Waals surface area contributed by atoms with Crippen molar-refractivity contribution in [1.29, 1.82) is 0 Å². The van der Waals surface area contributed by atoms with Gasteiger partial charge in [-0.3, -0.25) is 4.79 Å². The third-order valence-corrected chi connectivity index (χ3v) is 7.21. The van der Waals surface area contributed by atoms with Crippen molar-refractivity contribution < 1.29 is 34.1 Å². The molecule has 3 aliphatic rings. The summed E-state index contributed by atoms with van der Waals surface area (Å²) in [5.41, 5.74) is 2.69. The number of nitrogens with one attached hydrogen (secondary N) is 1. The van der Waals surface area contributed by atoms with E-state index in [0.29, 0.717) is 19.6 Å². The van der Waals surface area contributed by atoms with Gasteiger partial charge in [0, 0.05) is 30.9 Å². The number of aliphatic hydroxyl groups is 1. The number of rotatable bonds is 6. The van der Waals surface area contributed by atoms with E-state index in [4.69, 9.17) is 14.6 Å². The van der Waals surface area contributed by atoms with Crippen LogP contribution in [-0.4, -0.2) is 77.6 Å². The molecule has 2 unspecified atom stereocenters. The Labute approximate surface area is 202 Å². The van der Waals surface area contributed by atoms with Crippen LogP contribution in [0.1, 0.15) is 29.9 Å². The van der Waals surface area contributed by atoms with Gasteiger partial charge in [-0.25, -0.2) is 9.59 Å². The lowest BCUT2D eigenvalue weighted by atomic mass is 9.89. The van der Waals surface area contributed by atoms with E-state index in [1.807, 2.05) is 24.3 Å². The monoisotopic (exact) mass is 480 g/mol. The number of carboxylic acid groups (broad SMARTS) is 1. The number of carbonyl (C=O) groups excluding carboxylic acids is 2. The third kappa shape index (κ3) is 4.49. The summed E-state index contributed by atoms with van der Waals surface area (Å²) in [4.78, 5) is 37.7. The second-order valence-electron chi connectivity index (χ2n) is 9.49. The summed E-state index contributed by atoms with van der Waals surface area (Å²) in [5.74, 6) is -1.92. The molecule has 2 atom stereocenters. The maximum absolute atomic E-state index is 12.7. The van der Waals surface area contributed by atoms with Gasteiger partial charge in [0.1, 0.15) is 6.61 Å². The fourth-order valence-corrected chi connectivity index (χ4v) is 5.23. The van der Waals surface area contributed by atoms with Crippen LogP contribution < -0.4 is 5.32 Å². The predicted molar refractivity (Wildman–Crippen MR) is 125 cm³/mol. The van der Waals surface area contributed by atoms with Gasteiger partial charge in [0.25, 0.3) is 0 Å². The maximum Gasteiger partial charge on any atom is 0.407 e. The number of hydrogen-bond donors (Lipinski definition) is 3. The van der Waals surface area contributed by atoms with E-state index >= 15 is 0 Å². The molecule has 2 heterocycles. The molecule has 0 aromatic heterocycles. The van der Waals surface area contributed by atoms with Crippen LogP contribution in [0.3, 0.4) is 0 Å². The van der Waals surface area contributed by atoms with Crippen LogP contribution in [0, 0.1) is 5.92 Å². The topological polar surface area (TPSA) is 125 Å². The average molecular weight is 481 g/mol. The van der Waals surface area contributed by atoms with Gasteiger partial charge < -0.3 is 29.9 Å². The molecule has 35 heavy (non-hydrogen) atoms. The number of β-amino-alcohol motifs (C(OH)–C–C–N with tert-alkyl or cyclic N) is 1. The van der Waals surface area contributed by atoms with Crippen molar-refractivity contribution in [3.8, 4) is 11.1 Å². The molecular formula is C26H28N2O7. The van der Waals surface area contributed by atoms with E-state index in [2.05, 4.69) is 29.6 Å². The highest BCUT2D eigenvalue weighted by Gasteiger charge is 2.50. The summed E-state index contributed by atoms with van der Waals surface area (Å²) in [6.07, 6.45) is 0.0889. The molecule has 2 aromatic rings. The smallest absolute Gasteiger partial charge is 0.407 e. The van der Waals surface area contributed by atoms with Crippen LogP contribution in [0.2, 0.25) is 0 Å². The Kier molecular flexibility index (Phi) is 6.21. The summed E-state index contributed by atoms with van der Waals surface area (Å²) < 4.78 is 11.2. The van der Waals surface area contributed by atoms with Crippen molar-refractivity contribution in [3.63, 3.8) is 0 Å². The molecule has 2 fully saturated rings. The van der Waals surface area contributed by atoms with Crippen molar-refractivity contribution in [2.45, 2.75) is 30.4 Å². The molecule has 0 bridgehead atoms. The normalized spacial score (nSPS) is 22.5. The molecule has 2 aromatic carbocycles. The fraction of sp³-hybridized carbons (Fsp3) is 0.423. The lowest BCUT2D eigenvalue weighted by Gasteiger charge is -2.44. The quantitative estimate of drug-likeness (QED) is 0.577. The lowest BCUT2D eigenvalue weighted by molar-refractivity contribution is -0.182. The number of benzene rings is 2. The Balaban J connectivity index is 1.17. The molecule has 5 rings (SSSR count). The Hall–Kier alpha value is -3.43. The van der Waals surface area contributed by atoms with E-state index in [9.17, 15) is 19.5 Å². The van der Waals surface area contributed by atoms with Gasteiger partial charge in [-0.1, -0.05) is 48.5 Å². The average Bonchev–Trinajstić information content (AvgIpc) is 3.15. The second-order valence-corrected chi connectivity index (χ2v) is 9.49. The molecule has 0 spiro atoms. The number of fused-ring (bicyclic) bond motifs is 3. The zero-order valence-electron chi connectivity index (χ0n) is 19.2. The number of amides is 2. The van der Waals surface area contributed by atoms with Gasteiger partial charge in [-0.05, 0) is 28.7 Å². The van der Waals surface area contributed by atoms with Gasteiger partial charge in [0.15, 0.2) is 5.60 Å². The number of alkyl carbamates (subject to hydrolysis) is 1. The third-order valence-electron chi connectivity index (χ3n) is 7.21. The van der Waals surface area contributed by atoms with E-state index in [1.165, 1.54) is 4.90 Å². The van der Waals surface area contributed by atoms with Crippen LogP contribution in [0.25, 0.3) is 11.1 Å². The fourth-order valence-electron chi connectivity index (χ4n) is 5.23. The summed E-state index contributed by atoms with van der Waals surface area (Å²) in [5, 5.41) is 21.8. The molecule has 1 aliphatic carbocycles. The number of ether oxygens (including phenoxy) is 2.